The molecular formula is C14H31N3O. The first-order chi connectivity index (χ1) is 8.11. The zero-order valence-corrected chi connectivity index (χ0v) is 13.2. The molecule has 4 nitrogen and oxygen atoms in total. The molecule has 0 aromatic carbocycles. The Balaban J connectivity index is 4.99. The normalized spacial score (nSPS) is 15.6. The predicted octanol–water partition coefficient (Wildman–Crippen LogP) is 1.55. The van der Waals surface area contributed by atoms with Gasteiger partial charge in [0.05, 0.1) is 6.54 Å². The van der Waals surface area contributed by atoms with E-state index < -0.39 is 0 Å². The Bertz CT molecular complexity index is 256. The van der Waals surface area contributed by atoms with Crippen LogP contribution >= 0.6 is 0 Å². The van der Waals surface area contributed by atoms with Gasteiger partial charge in [-0.3, -0.25) is 9.69 Å². The molecule has 0 fully saturated rings. The number of nitrogens with zero attached hydrogens (tertiary/aromatic N) is 2. The summed E-state index contributed by atoms with van der Waals surface area (Å²) >= 11 is 0. The van der Waals surface area contributed by atoms with Gasteiger partial charge in [-0.05, 0) is 25.3 Å². The van der Waals surface area contributed by atoms with Crippen molar-refractivity contribution in [2.24, 2.45) is 11.1 Å². The summed E-state index contributed by atoms with van der Waals surface area (Å²) in [5.41, 5.74) is 6.20. The Morgan fingerprint density at radius 1 is 1.28 bits per heavy atom. The molecule has 0 rings (SSSR count). The number of carbonyl (C=O) groups excluding carboxylic acids is 1. The first-order valence-electron chi connectivity index (χ1n) is 6.81. The smallest absolute Gasteiger partial charge is 0.236 e. The molecule has 2 unspecified atom stereocenters. The molecule has 0 bridgehead atoms. The maximum atomic E-state index is 11.9. The molecule has 0 aromatic rings. The molecule has 18 heavy (non-hydrogen) atoms. The third-order valence-corrected chi connectivity index (χ3v) is 3.13. The molecule has 1 amide bonds. The molecule has 0 aliphatic rings. The minimum absolute atomic E-state index is 0.0477. The van der Waals surface area contributed by atoms with Gasteiger partial charge in [-0.1, -0.05) is 27.7 Å². The van der Waals surface area contributed by atoms with Crippen LogP contribution in [0.5, 0.6) is 0 Å². The van der Waals surface area contributed by atoms with Crippen LogP contribution in [0.15, 0.2) is 0 Å². The van der Waals surface area contributed by atoms with E-state index in [9.17, 15) is 4.79 Å². The van der Waals surface area contributed by atoms with E-state index in [4.69, 9.17) is 5.73 Å². The van der Waals surface area contributed by atoms with Crippen molar-refractivity contribution in [1.29, 1.82) is 0 Å². The topological polar surface area (TPSA) is 49.6 Å². The van der Waals surface area contributed by atoms with E-state index in [0.29, 0.717) is 6.54 Å². The summed E-state index contributed by atoms with van der Waals surface area (Å²) in [6, 6.07) is 0.257. The third kappa shape index (κ3) is 5.36. The summed E-state index contributed by atoms with van der Waals surface area (Å²) in [5.74, 6) is 0.137. The average molecular weight is 257 g/mol. The lowest BCUT2D eigenvalue weighted by Crippen LogP contribution is -2.56. The molecule has 0 spiro atoms. The Morgan fingerprint density at radius 2 is 1.78 bits per heavy atom. The molecule has 0 saturated carbocycles. The molecule has 0 heterocycles. The number of hydrogen-bond donors (Lipinski definition) is 1. The van der Waals surface area contributed by atoms with E-state index in [0.717, 1.165) is 13.0 Å². The summed E-state index contributed by atoms with van der Waals surface area (Å²) in [6.07, 6.45) is 1.03. The maximum Gasteiger partial charge on any atom is 0.236 e. The van der Waals surface area contributed by atoms with Gasteiger partial charge in [0.1, 0.15) is 0 Å². The lowest BCUT2D eigenvalue weighted by Gasteiger charge is -2.42. The van der Waals surface area contributed by atoms with Crippen LogP contribution in [0.2, 0.25) is 0 Å². The Kier molecular flexibility index (Phi) is 6.86. The second-order valence-corrected chi connectivity index (χ2v) is 6.43. The van der Waals surface area contributed by atoms with Crippen LogP contribution in [0.25, 0.3) is 0 Å². The van der Waals surface area contributed by atoms with Gasteiger partial charge in [0.25, 0.3) is 0 Å². The van der Waals surface area contributed by atoms with Gasteiger partial charge in [0, 0.05) is 26.2 Å². The van der Waals surface area contributed by atoms with Gasteiger partial charge in [-0.15, -0.1) is 0 Å². The Labute approximate surface area is 113 Å². The summed E-state index contributed by atoms with van der Waals surface area (Å²) < 4.78 is 0. The molecule has 0 aromatic heterocycles. The molecule has 0 aliphatic carbocycles. The zero-order valence-electron chi connectivity index (χ0n) is 13.2. The summed E-state index contributed by atoms with van der Waals surface area (Å²) in [4.78, 5) is 15.8. The van der Waals surface area contributed by atoms with Gasteiger partial charge in [-0.25, -0.2) is 0 Å². The average Bonchev–Trinajstić information content (AvgIpc) is 2.14. The number of hydrogen-bond acceptors (Lipinski definition) is 3. The highest BCUT2D eigenvalue weighted by molar-refractivity contribution is 5.77. The van der Waals surface area contributed by atoms with Crippen LogP contribution in [-0.2, 0) is 4.79 Å². The number of nitrogens with two attached hydrogens (primary N) is 1. The molecule has 108 valence electrons. The second-order valence-electron chi connectivity index (χ2n) is 6.43. The fourth-order valence-corrected chi connectivity index (χ4v) is 2.59. The SMILES string of the molecule is CCCN(CC(=O)N(C)C)C(C(C)N)C(C)(C)C. The maximum absolute atomic E-state index is 11.9. The van der Waals surface area contributed by atoms with Crippen molar-refractivity contribution in [3.8, 4) is 0 Å². The lowest BCUT2D eigenvalue weighted by atomic mass is 9.81. The highest BCUT2D eigenvalue weighted by Gasteiger charge is 2.33. The van der Waals surface area contributed by atoms with E-state index >= 15 is 0 Å². The summed E-state index contributed by atoms with van der Waals surface area (Å²) in [6.45, 7) is 12.1. The van der Waals surface area contributed by atoms with Crippen LogP contribution in [0.3, 0.4) is 0 Å². The van der Waals surface area contributed by atoms with Crippen molar-refractivity contribution in [2.75, 3.05) is 27.2 Å². The molecule has 0 radical (unpaired) electrons. The monoisotopic (exact) mass is 257 g/mol. The van der Waals surface area contributed by atoms with E-state index in [-0.39, 0.29) is 23.4 Å². The fourth-order valence-electron chi connectivity index (χ4n) is 2.59. The van der Waals surface area contributed by atoms with Gasteiger partial charge in [-0.2, -0.15) is 0 Å². The largest absolute Gasteiger partial charge is 0.348 e. The van der Waals surface area contributed by atoms with Crippen molar-refractivity contribution in [2.45, 2.75) is 53.1 Å². The van der Waals surface area contributed by atoms with E-state index in [1.807, 2.05) is 6.92 Å². The molecule has 4 heteroatoms. The van der Waals surface area contributed by atoms with E-state index in [2.05, 4.69) is 32.6 Å². The van der Waals surface area contributed by atoms with Crippen LogP contribution in [0.4, 0.5) is 0 Å². The third-order valence-electron chi connectivity index (χ3n) is 3.13. The highest BCUT2D eigenvalue weighted by atomic mass is 16.2. The summed E-state index contributed by atoms with van der Waals surface area (Å²) in [5, 5.41) is 0. The van der Waals surface area contributed by atoms with Crippen LogP contribution in [-0.4, -0.2) is 55.0 Å². The summed E-state index contributed by atoms with van der Waals surface area (Å²) in [7, 11) is 3.59. The van der Waals surface area contributed by atoms with E-state index in [1.54, 1.807) is 19.0 Å². The Hall–Kier alpha value is -0.610. The minimum Gasteiger partial charge on any atom is -0.348 e. The Morgan fingerprint density at radius 3 is 2.06 bits per heavy atom. The fraction of sp³-hybridized carbons (Fsp3) is 0.929. The number of likely N-dealkylation sites (N-methyl/N-ethyl adjacent to an activating group) is 1. The minimum atomic E-state index is 0.0477. The molecule has 2 N–H and O–H groups in total. The first-order valence-corrected chi connectivity index (χ1v) is 6.81. The van der Waals surface area contributed by atoms with Gasteiger partial charge in [0.2, 0.25) is 5.91 Å². The molecular weight excluding hydrogens is 226 g/mol. The van der Waals surface area contributed by atoms with Gasteiger partial charge < -0.3 is 10.6 Å². The number of rotatable bonds is 6. The van der Waals surface area contributed by atoms with Crippen molar-refractivity contribution in [3.63, 3.8) is 0 Å². The molecule has 2 atom stereocenters. The predicted molar refractivity (Wildman–Crippen MR) is 77.5 cm³/mol. The quantitative estimate of drug-likeness (QED) is 0.785. The number of carbonyl (C=O) groups is 1. The second kappa shape index (κ2) is 7.10. The molecule has 0 saturated heterocycles. The highest BCUT2D eigenvalue weighted by Crippen LogP contribution is 2.26. The van der Waals surface area contributed by atoms with Crippen molar-refractivity contribution < 1.29 is 4.79 Å². The van der Waals surface area contributed by atoms with Crippen molar-refractivity contribution in [3.05, 3.63) is 0 Å². The van der Waals surface area contributed by atoms with Crippen LogP contribution in [0, 0.1) is 5.41 Å². The van der Waals surface area contributed by atoms with Crippen molar-refractivity contribution >= 4 is 5.91 Å². The standard InChI is InChI=1S/C14H31N3O/c1-8-9-17(10-12(18)16(6)7)13(11(2)15)14(3,4)5/h11,13H,8-10,15H2,1-7H3. The van der Waals surface area contributed by atoms with Crippen LogP contribution in [0.1, 0.15) is 41.0 Å². The van der Waals surface area contributed by atoms with Gasteiger partial charge >= 0.3 is 0 Å². The van der Waals surface area contributed by atoms with Crippen molar-refractivity contribution in [1.82, 2.24) is 9.80 Å². The first kappa shape index (κ1) is 17.4. The van der Waals surface area contributed by atoms with E-state index in [1.165, 1.54) is 0 Å². The van der Waals surface area contributed by atoms with Gasteiger partial charge in [0.15, 0.2) is 0 Å². The molecule has 0 aliphatic heterocycles. The lowest BCUT2D eigenvalue weighted by molar-refractivity contribution is -0.131. The zero-order chi connectivity index (χ0) is 14.5. The van der Waals surface area contributed by atoms with Crippen LogP contribution < -0.4 is 5.73 Å². The number of amides is 1.